The lowest BCUT2D eigenvalue weighted by Crippen LogP contribution is -2.30. The van der Waals surface area contributed by atoms with Crippen molar-refractivity contribution in [3.8, 4) is 0 Å². The number of carbonyl (C=O) groups excluding carboxylic acids is 4. The van der Waals surface area contributed by atoms with Gasteiger partial charge in [0.05, 0.1) is 26.4 Å². The second-order valence-corrected chi connectivity index (χ2v) is 28.1. The third kappa shape index (κ3) is 65.9. The molecule has 92 heavy (non-hydrogen) atoms. The van der Waals surface area contributed by atoms with E-state index < -0.39 is 97.5 Å². The number of ether oxygens (including phenoxy) is 4. The summed E-state index contributed by atoms with van der Waals surface area (Å²) in [4.78, 5) is 72.6. The van der Waals surface area contributed by atoms with Gasteiger partial charge in [0, 0.05) is 25.7 Å². The van der Waals surface area contributed by atoms with Gasteiger partial charge >= 0.3 is 39.5 Å². The van der Waals surface area contributed by atoms with Gasteiger partial charge in [0.25, 0.3) is 0 Å². The molecule has 540 valence electrons. The molecule has 0 spiro atoms. The first-order valence-corrected chi connectivity index (χ1v) is 40.2. The number of rotatable bonds is 71. The van der Waals surface area contributed by atoms with Crippen molar-refractivity contribution in [2.45, 2.75) is 367 Å². The van der Waals surface area contributed by atoms with E-state index in [4.69, 9.17) is 37.0 Å². The number of hydrogen-bond acceptors (Lipinski definition) is 15. The highest BCUT2D eigenvalue weighted by Crippen LogP contribution is 2.45. The average molecular weight is 1350 g/mol. The second-order valence-electron chi connectivity index (χ2n) is 25.2. The van der Waals surface area contributed by atoms with E-state index in [9.17, 15) is 43.2 Å². The Balaban J connectivity index is 5.31. The van der Waals surface area contributed by atoms with Gasteiger partial charge in [0.2, 0.25) is 0 Å². The van der Waals surface area contributed by atoms with Crippen molar-refractivity contribution in [3.05, 3.63) is 36.5 Å². The zero-order valence-corrected chi connectivity index (χ0v) is 60.5. The Morgan fingerprint density at radius 1 is 0.293 bits per heavy atom. The number of phosphoric acid groups is 2. The molecule has 17 nitrogen and oxygen atoms in total. The van der Waals surface area contributed by atoms with Crippen LogP contribution in [0, 0.1) is 0 Å². The molecule has 0 saturated heterocycles. The maximum absolute atomic E-state index is 13.0. The van der Waals surface area contributed by atoms with Crippen LogP contribution in [0.25, 0.3) is 0 Å². The van der Waals surface area contributed by atoms with Gasteiger partial charge in [-0.05, 0) is 103 Å². The van der Waals surface area contributed by atoms with Gasteiger partial charge in [-0.3, -0.25) is 37.3 Å². The number of aliphatic hydroxyl groups excluding tert-OH is 1. The van der Waals surface area contributed by atoms with E-state index >= 15 is 0 Å². The van der Waals surface area contributed by atoms with Gasteiger partial charge in [-0.2, -0.15) is 0 Å². The SMILES string of the molecule is CCCCCCC=CCCCCCCCC(=O)OCC(COP(=O)(O)OCC(O)COP(=O)(O)OCC(COC(=O)CCCCCCCCCCCCCCC)OC(=O)CCCCCCCC=CCCCCCC)OC(=O)CCCCCCCC=CCCCCCC. The Labute approximate surface area is 560 Å². The molecular weight excluding hydrogens is 1210 g/mol. The van der Waals surface area contributed by atoms with Crippen molar-refractivity contribution in [2.75, 3.05) is 39.6 Å². The minimum atomic E-state index is -4.96. The first-order chi connectivity index (χ1) is 44.7. The molecule has 5 unspecified atom stereocenters. The summed E-state index contributed by atoms with van der Waals surface area (Å²) in [7, 11) is -9.92. The van der Waals surface area contributed by atoms with E-state index in [1.54, 1.807) is 0 Å². The van der Waals surface area contributed by atoms with Gasteiger partial charge in [-0.1, -0.05) is 257 Å². The van der Waals surface area contributed by atoms with Crippen molar-refractivity contribution >= 4 is 39.5 Å². The van der Waals surface area contributed by atoms with Crippen LogP contribution in [0.1, 0.15) is 349 Å². The zero-order valence-electron chi connectivity index (χ0n) is 58.7. The van der Waals surface area contributed by atoms with Crippen molar-refractivity contribution in [2.24, 2.45) is 0 Å². The number of aliphatic hydroxyl groups is 1. The predicted octanol–water partition coefficient (Wildman–Crippen LogP) is 20.8. The number of allylic oxidation sites excluding steroid dienone is 6. The van der Waals surface area contributed by atoms with Crippen molar-refractivity contribution < 1.29 is 80.2 Å². The summed E-state index contributed by atoms with van der Waals surface area (Å²) in [6, 6.07) is 0. The summed E-state index contributed by atoms with van der Waals surface area (Å²) in [5, 5.41) is 10.6. The first kappa shape index (κ1) is 89.3. The molecule has 0 aromatic heterocycles. The number of hydrogen-bond donors (Lipinski definition) is 3. The van der Waals surface area contributed by atoms with Crippen LogP contribution >= 0.6 is 15.6 Å². The Bertz CT molecular complexity index is 1900. The third-order valence-corrected chi connectivity index (χ3v) is 18.0. The molecule has 0 bridgehead atoms. The van der Waals surface area contributed by atoms with Crippen LogP contribution in [-0.2, 0) is 65.4 Å². The van der Waals surface area contributed by atoms with Crippen LogP contribution in [0.3, 0.4) is 0 Å². The molecule has 0 aliphatic carbocycles. The predicted molar refractivity (Wildman–Crippen MR) is 372 cm³/mol. The normalized spacial score (nSPS) is 14.2. The molecule has 0 aromatic rings. The van der Waals surface area contributed by atoms with Gasteiger partial charge in [-0.15, -0.1) is 0 Å². The van der Waals surface area contributed by atoms with E-state index in [0.717, 1.165) is 135 Å². The van der Waals surface area contributed by atoms with Crippen LogP contribution < -0.4 is 0 Å². The Hall–Kier alpha value is -2.72. The Kier molecular flexibility index (Phi) is 64.9. The van der Waals surface area contributed by atoms with Crippen LogP contribution in [0.2, 0.25) is 0 Å². The molecule has 0 saturated carbocycles. The molecule has 0 fully saturated rings. The topological polar surface area (TPSA) is 237 Å². The Morgan fingerprint density at radius 2 is 0.500 bits per heavy atom. The van der Waals surface area contributed by atoms with Crippen LogP contribution in [0.4, 0.5) is 0 Å². The molecule has 0 aromatic carbocycles. The molecule has 0 heterocycles. The summed E-state index contributed by atoms with van der Waals surface area (Å²) in [6.07, 6.45) is 59.9. The van der Waals surface area contributed by atoms with Gasteiger partial charge in [0.15, 0.2) is 12.2 Å². The quantitative estimate of drug-likeness (QED) is 0.0169. The largest absolute Gasteiger partial charge is 0.472 e. The highest BCUT2D eigenvalue weighted by molar-refractivity contribution is 7.47. The fourth-order valence-electron chi connectivity index (χ4n) is 10.3. The average Bonchev–Trinajstić information content (AvgIpc) is 3.63. The van der Waals surface area contributed by atoms with Gasteiger partial charge in [-0.25, -0.2) is 9.13 Å². The standard InChI is InChI=1S/C73H136O17P2/c1-5-9-13-17-21-25-29-33-37-41-45-49-53-57-70(75)83-63-68(89-72(77)59-55-51-47-43-39-35-31-27-23-19-15-11-7-3)65-87-91(79,80)85-61-67(74)62-86-92(81,82)88-66-69(90-73(78)60-56-52-48-44-40-36-32-28-24-20-16-12-8-4)64-84-71(76)58-54-50-46-42-38-34-30-26-22-18-14-10-6-2/h25,27-29,31-32,67-69,74H,5-24,26,30,33-66H2,1-4H3,(H,79,80)(H,81,82). The van der Waals surface area contributed by atoms with Crippen LogP contribution in [-0.4, -0.2) is 96.7 Å². The maximum atomic E-state index is 13.0. The molecule has 0 aliphatic rings. The van der Waals surface area contributed by atoms with Crippen LogP contribution in [0.15, 0.2) is 36.5 Å². The molecule has 0 amide bonds. The third-order valence-electron chi connectivity index (χ3n) is 16.1. The molecule has 0 aliphatic heterocycles. The van der Waals surface area contributed by atoms with E-state index in [2.05, 4.69) is 64.2 Å². The number of carbonyl (C=O) groups is 4. The van der Waals surface area contributed by atoms with Crippen LogP contribution in [0.5, 0.6) is 0 Å². The molecule has 3 N–H and O–H groups in total. The lowest BCUT2D eigenvalue weighted by molar-refractivity contribution is -0.161. The summed E-state index contributed by atoms with van der Waals surface area (Å²) >= 11 is 0. The highest BCUT2D eigenvalue weighted by Gasteiger charge is 2.30. The minimum absolute atomic E-state index is 0.0890. The molecular formula is C73H136O17P2. The number of phosphoric ester groups is 2. The lowest BCUT2D eigenvalue weighted by atomic mass is 10.0. The van der Waals surface area contributed by atoms with Crippen molar-refractivity contribution in [1.82, 2.24) is 0 Å². The smallest absolute Gasteiger partial charge is 0.462 e. The number of unbranched alkanes of at least 4 members (excludes halogenated alkanes) is 39. The highest BCUT2D eigenvalue weighted by atomic mass is 31.2. The fourth-order valence-corrected chi connectivity index (χ4v) is 11.9. The minimum Gasteiger partial charge on any atom is -0.462 e. The van der Waals surface area contributed by atoms with E-state index in [1.165, 1.54) is 135 Å². The molecule has 5 atom stereocenters. The monoisotopic (exact) mass is 1350 g/mol. The van der Waals surface area contributed by atoms with Crippen molar-refractivity contribution in [1.29, 1.82) is 0 Å². The summed E-state index contributed by atoms with van der Waals surface area (Å²) in [6.45, 7) is 4.85. The van der Waals surface area contributed by atoms with E-state index in [1.807, 2.05) is 0 Å². The lowest BCUT2D eigenvalue weighted by Gasteiger charge is -2.21. The van der Waals surface area contributed by atoms with Gasteiger partial charge < -0.3 is 33.8 Å². The zero-order chi connectivity index (χ0) is 67.5. The first-order valence-electron chi connectivity index (χ1n) is 37.2. The Morgan fingerprint density at radius 3 is 0.761 bits per heavy atom. The summed E-state index contributed by atoms with van der Waals surface area (Å²) < 4.78 is 68.3. The van der Waals surface area contributed by atoms with E-state index in [-0.39, 0.29) is 25.7 Å². The van der Waals surface area contributed by atoms with Crippen molar-refractivity contribution in [3.63, 3.8) is 0 Å². The summed E-state index contributed by atoms with van der Waals surface area (Å²) in [5.74, 6) is -2.17. The molecule has 0 rings (SSSR count). The maximum Gasteiger partial charge on any atom is 0.472 e. The number of esters is 4. The molecule has 0 radical (unpaired) electrons. The van der Waals surface area contributed by atoms with E-state index in [0.29, 0.717) is 25.7 Å². The summed E-state index contributed by atoms with van der Waals surface area (Å²) in [5.41, 5.74) is 0. The van der Waals surface area contributed by atoms with Gasteiger partial charge in [0.1, 0.15) is 19.3 Å². The molecule has 19 heteroatoms. The fraction of sp³-hybridized carbons (Fsp3) is 0.863. The second kappa shape index (κ2) is 66.9.